The first-order chi connectivity index (χ1) is 4.45. The molecule has 0 bridgehead atoms. The Kier molecular flexibility index (Phi) is 0.315. The van der Waals surface area contributed by atoms with E-state index in [9.17, 15) is 0 Å². The number of nitrogens with zero attached hydrogens (tertiary/aromatic N) is 5. The first-order valence-electron chi connectivity index (χ1n) is 2.54. The highest BCUT2D eigenvalue weighted by Crippen LogP contribution is 2.16. The summed E-state index contributed by atoms with van der Waals surface area (Å²) in [5, 5.41) is 14.9. The van der Waals surface area contributed by atoms with E-state index >= 15 is 0 Å². The minimum Gasteiger partial charge on any atom is -0.197 e. The van der Waals surface area contributed by atoms with Gasteiger partial charge in [0.1, 0.15) is 5.52 Å². The molecule has 0 saturated carbocycles. The maximum Gasteiger partial charge on any atom is 0.209 e. The second-order valence-corrected chi connectivity index (χ2v) is 1.92. The van der Waals surface area contributed by atoms with Crippen molar-refractivity contribution in [2.75, 3.05) is 0 Å². The van der Waals surface area contributed by atoms with Crippen molar-refractivity contribution in [1.29, 1.82) is 0 Å². The fourth-order valence-electron chi connectivity index (χ4n) is 0.904. The molecule has 0 aliphatic rings. The zero-order valence-corrected chi connectivity index (χ0v) is 4.31. The van der Waals surface area contributed by atoms with Gasteiger partial charge in [-0.15, -0.1) is 15.3 Å². The maximum atomic E-state index is 3.75. The van der Waals surface area contributed by atoms with Crippen LogP contribution in [0.3, 0.4) is 0 Å². The van der Waals surface area contributed by atoms with Crippen LogP contribution >= 0.6 is 0 Å². The van der Waals surface area contributed by atoms with E-state index in [2.05, 4.69) is 20.5 Å². The van der Waals surface area contributed by atoms with E-state index in [-0.39, 0.29) is 0 Å². The Hall–Kier alpha value is -1.52. The molecule has 0 aliphatic carbocycles. The maximum absolute atomic E-state index is 3.75. The van der Waals surface area contributed by atoms with Crippen molar-refractivity contribution in [2.24, 2.45) is 0 Å². The van der Waals surface area contributed by atoms with Gasteiger partial charge in [0.2, 0.25) is 5.65 Å². The Labute approximate surface area is 49.0 Å². The van der Waals surface area contributed by atoms with E-state index in [0.717, 1.165) is 16.7 Å². The minimum atomic E-state index is 0.833. The molecule has 3 aromatic heterocycles. The number of hydrogen-bond acceptors (Lipinski definition) is 4. The Bertz CT molecular complexity index is 388. The van der Waals surface area contributed by atoms with Crippen molar-refractivity contribution in [3.05, 3.63) is 6.20 Å². The van der Waals surface area contributed by atoms with Crippen LogP contribution in [0.2, 0.25) is 0 Å². The molecule has 0 aliphatic heterocycles. The zero-order valence-electron chi connectivity index (χ0n) is 4.31. The van der Waals surface area contributed by atoms with Gasteiger partial charge in [-0.25, -0.2) is 0 Å². The molecule has 5 heteroatoms. The van der Waals surface area contributed by atoms with Crippen LogP contribution < -0.4 is 0 Å². The summed E-state index contributed by atoms with van der Waals surface area (Å²) in [6.45, 7) is 0. The third-order valence-electron chi connectivity index (χ3n) is 1.41. The molecule has 3 aromatic rings. The monoisotopic (exact) mass is 119 g/mol. The van der Waals surface area contributed by atoms with Gasteiger partial charge in [-0.1, -0.05) is 5.21 Å². The number of hydrogen-bond donors (Lipinski definition) is 0. The molecular formula is C4HN5. The highest BCUT2D eigenvalue weighted by molar-refractivity contribution is 5.90. The molecule has 0 aromatic carbocycles. The lowest BCUT2D eigenvalue weighted by molar-refractivity contribution is 0.748. The third-order valence-corrected chi connectivity index (χ3v) is 1.41. The zero-order chi connectivity index (χ0) is 5.84. The number of fused-ring (bicyclic) bond motifs is 3. The van der Waals surface area contributed by atoms with Gasteiger partial charge < -0.3 is 0 Å². The normalized spacial score (nSPS) is 12.4. The van der Waals surface area contributed by atoms with Gasteiger partial charge in [-0.05, 0) is 0 Å². The Morgan fingerprint density at radius 1 is 1.22 bits per heavy atom. The van der Waals surface area contributed by atoms with Crippen LogP contribution in [0.5, 0.6) is 0 Å². The lowest BCUT2D eigenvalue weighted by Gasteiger charge is -1.90. The van der Waals surface area contributed by atoms with Gasteiger partial charge in [0.05, 0.1) is 6.20 Å². The van der Waals surface area contributed by atoms with E-state index in [0.29, 0.717) is 0 Å². The van der Waals surface area contributed by atoms with Crippen LogP contribution in [0, 0.1) is 0 Å². The second-order valence-electron chi connectivity index (χ2n) is 1.92. The lowest BCUT2D eigenvalue weighted by Crippen LogP contribution is -1.99. The summed E-state index contributed by atoms with van der Waals surface area (Å²) in [6, 6.07) is 0. The summed E-state index contributed by atoms with van der Waals surface area (Å²) in [6.07, 6.45) is 1.81. The highest BCUT2D eigenvalue weighted by Gasteiger charge is 2.13. The minimum absolute atomic E-state index is 0.833. The second kappa shape index (κ2) is 0.812. The van der Waals surface area contributed by atoms with Gasteiger partial charge >= 0.3 is 0 Å². The van der Waals surface area contributed by atoms with Gasteiger partial charge in [-0.2, -0.15) is 4.52 Å². The van der Waals surface area contributed by atoms with Crippen molar-refractivity contribution in [1.82, 2.24) is 25.0 Å². The molecule has 5 nitrogen and oxygen atoms in total. The molecule has 3 heterocycles. The van der Waals surface area contributed by atoms with Crippen molar-refractivity contribution >= 4 is 16.7 Å². The number of aromatic nitrogens is 5. The fraction of sp³-hybridized carbons (Fsp3) is 0. The Balaban J connectivity index is 2.80. The standard InChI is InChI=1S/C4HN5/c1-2-3(6-5-2)4-7-8-9(1)4/h1H. The molecule has 0 unspecified atom stereocenters. The predicted molar refractivity (Wildman–Crippen MR) is 28.5 cm³/mol. The van der Waals surface area contributed by atoms with Crippen LogP contribution in [-0.4, -0.2) is 25.0 Å². The summed E-state index contributed by atoms with van der Waals surface area (Å²) in [5.41, 5.74) is 2.61. The summed E-state index contributed by atoms with van der Waals surface area (Å²) >= 11 is 0. The first kappa shape index (κ1) is 3.49. The lowest BCUT2D eigenvalue weighted by atomic mass is 10.5. The van der Waals surface area contributed by atoms with Crippen LogP contribution in [0.25, 0.3) is 16.7 Å². The largest absolute Gasteiger partial charge is 0.209 e. The third kappa shape index (κ3) is 0.217. The van der Waals surface area contributed by atoms with E-state index in [4.69, 9.17) is 0 Å². The van der Waals surface area contributed by atoms with E-state index in [1.807, 2.05) is 6.20 Å². The summed E-state index contributed by atoms with van der Waals surface area (Å²) in [4.78, 5) is 0. The summed E-state index contributed by atoms with van der Waals surface area (Å²) in [5.74, 6) is 0. The quantitative estimate of drug-likeness (QED) is 0.402. The van der Waals surface area contributed by atoms with E-state index in [1.165, 1.54) is 0 Å². The van der Waals surface area contributed by atoms with Crippen LogP contribution in [0.1, 0.15) is 0 Å². The van der Waals surface area contributed by atoms with Crippen LogP contribution in [0.15, 0.2) is 6.20 Å². The molecular weight excluding hydrogens is 118 g/mol. The SMILES string of the molecule is c1c2nnc2c2nnn12. The molecule has 0 radical (unpaired) electrons. The Morgan fingerprint density at radius 3 is 2.56 bits per heavy atom. The molecule has 0 atom stereocenters. The topological polar surface area (TPSA) is 56.0 Å². The van der Waals surface area contributed by atoms with Gasteiger partial charge in [0.25, 0.3) is 0 Å². The molecule has 0 amide bonds. The molecule has 0 saturated heterocycles. The van der Waals surface area contributed by atoms with Gasteiger partial charge in [0.15, 0.2) is 5.52 Å². The van der Waals surface area contributed by atoms with Crippen molar-refractivity contribution in [3.63, 3.8) is 0 Å². The number of rotatable bonds is 0. The molecule has 0 fully saturated rings. The van der Waals surface area contributed by atoms with Gasteiger partial charge in [-0.3, -0.25) is 0 Å². The average molecular weight is 119 g/mol. The Morgan fingerprint density at radius 2 is 2.22 bits per heavy atom. The smallest absolute Gasteiger partial charge is 0.197 e. The molecule has 0 spiro atoms. The van der Waals surface area contributed by atoms with Crippen molar-refractivity contribution in [3.8, 4) is 0 Å². The highest BCUT2D eigenvalue weighted by atomic mass is 15.5. The molecule has 3 rings (SSSR count). The first-order valence-corrected chi connectivity index (χ1v) is 2.54. The summed E-state index contributed by atoms with van der Waals surface area (Å²) < 4.78 is 1.67. The fourth-order valence-corrected chi connectivity index (χ4v) is 0.904. The molecule has 9 heavy (non-hydrogen) atoms. The van der Waals surface area contributed by atoms with E-state index in [1.54, 1.807) is 4.52 Å². The average Bonchev–Trinajstić information content (AvgIpc) is 1.88. The van der Waals surface area contributed by atoms with Crippen molar-refractivity contribution in [2.45, 2.75) is 0 Å². The van der Waals surface area contributed by atoms with E-state index < -0.39 is 0 Å². The molecule has 0 N–H and O–H groups in total. The van der Waals surface area contributed by atoms with Crippen LogP contribution in [0.4, 0.5) is 0 Å². The summed E-state index contributed by atoms with van der Waals surface area (Å²) in [7, 11) is 0. The van der Waals surface area contributed by atoms with Crippen LogP contribution in [-0.2, 0) is 0 Å². The molecule has 42 valence electrons. The van der Waals surface area contributed by atoms with Gasteiger partial charge in [0, 0.05) is 0 Å². The predicted octanol–water partition coefficient (Wildman–Crippen LogP) is -0.452. The van der Waals surface area contributed by atoms with Crippen molar-refractivity contribution < 1.29 is 0 Å².